The van der Waals surface area contributed by atoms with Crippen molar-refractivity contribution in [1.82, 2.24) is 10.2 Å². The number of ether oxygens (including phenoxy) is 1. The van der Waals surface area contributed by atoms with Gasteiger partial charge in [0.25, 0.3) is 5.91 Å². The van der Waals surface area contributed by atoms with Gasteiger partial charge in [-0.05, 0) is 42.7 Å². The van der Waals surface area contributed by atoms with E-state index in [4.69, 9.17) is 4.74 Å². The van der Waals surface area contributed by atoms with E-state index < -0.39 is 0 Å². The predicted molar refractivity (Wildman–Crippen MR) is 74.8 cm³/mol. The smallest absolute Gasteiger partial charge is 0.256 e. The molecule has 0 unspecified atom stereocenters. The van der Waals surface area contributed by atoms with Crippen LogP contribution >= 0.6 is 11.8 Å². The average molecular weight is 275 g/mol. The molecule has 2 aromatic rings. The molecule has 0 bridgehead atoms. The van der Waals surface area contributed by atoms with Gasteiger partial charge in [0.15, 0.2) is 5.82 Å². The molecule has 6 heteroatoms. The van der Waals surface area contributed by atoms with Crippen LogP contribution in [0.1, 0.15) is 10.4 Å². The maximum absolute atomic E-state index is 11.9. The van der Waals surface area contributed by atoms with Crippen LogP contribution < -0.4 is 10.1 Å². The van der Waals surface area contributed by atoms with Crippen molar-refractivity contribution in [2.45, 2.75) is 5.03 Å². The van der Waals surface area contributed by atoms with E-state index in [1.165, 1.54) is 11.8 Å². The van der Waals surface area contributed by atoms with E-state index in [9.17, 15) is 4.79 Å². The van der Waals surface area contributed by atoms with Gasteiger partial charge in [-0.15, -0.1) is 22.0 Å². The number of hydrogen-bond donors (Lipinski definition) is 1. The Hall–Kier alpha value is -2.08. The van der Waals surface area contributed by atoms with E-state index in [0.717, 1.165) is 5.03 Å². The molecule has 0 radical (unpaired) electrons. The van der Waals surface area contributed by atoms with Gasteiger partial charge in [0.2, 0.25) is 0 Å². The van der Waals surface area contributed by atoms with Crippen LogP contribution in [0.25, 0.3) is 0 Å². The number of hydrogen-bond acceptors (Lipinski definition) is 5. The van der Waals surface area contributed by atoms with Crippen LogP contribution in [0, 0.1) is 0 Å². The Balaban J connectivity index is 2.06. The van der Waals surface area contributed by atoms with E-state index in [1.54, 1.807) is 43.5 Å². The van der Waals surface area contributed by atoms with Gasteiger partial charge >= 0.3 is 0 Å². The van der Waals surface area contributed by atoms with E-state index in [-0.39, 0.29) is 5.91 Å². The van der Waals surface area contributed by atoms with Crippen molar-refractivity contribution in [2.75, 3.05) is 18.7 Å². The van der Waals surface area contributed by atoms with Crippen molar-refractivity contribution < 1.29 is 9.53 Å². The molecule has 0 aliphatic carbocycles. The van der Waals surface area contributed by atoms with Crippen molar-refractivity contribution in [3.8, 4) is 5.75 Å². The Morgan fingerprint density at radius 1 is 1.16 bits per heavy atom. The Kier molecular flexibility index (Phi) is 4.35. The SMILES string of the molecule is COc1ccc(C(=O)Nc2ccc(SC)nn2)cc1. The molecule has 0 aliphatic heterocycles. The summed E-state index contributed by atoms with van der Waals surface area (Å²) in [7, 11) is 1.58. The van der Waals surface area contributed by atoms with Crippen LogP contribution in [-0.4, -0.2) is 29.5 Å². The largest absolute Gasteiger partial charge is 0.497 e. The van der Waals surface area contributed by atoms with Gasteiger partial charge in [0.1, 0.15) is 10.8 Å². The topological polar surface area (TPSA) is 64.1 Å². The molecule has 0 fully saturated rings. The highest BCUT2D eigenvalue weighted by molar-refractivity contribution is 7.98. The second kappa shape index (κ2) is 6.19. The van der Waals surface area contributed by atoms with Crippen LogP contribution in [0.4, 0.5) is 5.82 Å². The first-order valence-corrected chi connectivity index (χ1v) is 6.78. The third-order valence-electron chi connectivity index (χ3n) is 2.44. The number of nitrogens with zero attached hydrogens (tertiary/aromatic N) is 2. The first kappa shape index (κ1) is 13.4. The van der Waals surface area contributed by atoms with Gasteiger partial charge in [0.05, 0.1) is 7.11 Å². The lowest BCUT2D eigenvalue weighted by atomic mass is 10.2. The number of nitrogens with one attached hydrogen (secondary N) is 1. The summed E-state index contributed by atoms with van der Waals surface area (Å²) in [6, 6.07) is 10.4. The summed E-state index contributed by atoms with van der Waals surface area (Å²) in [6.07, 6.45) is 1.92. The number of aromatic nitrogens is 2. The number of thioether (sulfide) groups is 1. The molecule has 2 rings (SSSR count). The maximum atomic E-state index is 11.9. The molecule has 1 amide bonds. The highest BCUT2D eigenvalue weighted by Gasteiger charge is 2.07. The fourth-order valence-corrected chi connectivity index (χ4v) is 1.75. The maximum Gasteiger partial charge on any atom is 0.256 e. The summed E-state index contributed by atoms with van der Waals surface area (Å²) in [5, 5.41) is 11.4. The summed E-state index contributed by atoms with van der Waals surface area (Å²) in [5.41, 5.74) is 0.538. The lowest BCUT2D eigenvalue weighted by Crippen LogP contribution is -2.13. The van der Waals surface area contributed by atoms with Gasteiger partial charge in [-0.1, -0.05) is 0 Å². The number of methoxy groups -OCH3 is 1. The Morgan fingerprint density at radius 2 is 1.89 bits per heavy atom. The Morgan fingerprint density at radius 3 is 2.42 bits per heavy atom. The zero-order valence-corrected chi connectivity index (χ0v) is 11.4. The molecule has 1 N–H and O–H groups in total. The standard InChI is InChI=1S/C13H13N3O2S/c1-18-10-5-3-9(4-6-10)13(17)14-11-7-8-12(19-2)16-15-11/h3-8H,1-2H3,(H,14,15,17). The quantitative estimate of drug-likeness (QED) is 0.868. The molecule has 5 nitrogen and oxygen atoms in total. The summed E-state index contributed by atoms with van der Waals surface area (Å²) in [4.78, 5) is 11.9. The normalized spacial score (nSPS) is 10.0. The van der Waals surface area contributed by atoms with Crippen LogP contribution in [0.3, 0.4) is 0 Å². The zero-order valence-electron chi connectivity index (χ0n) is 10.6. The molecule has 0 aliphatic rings. The molecule has 1 heterocycles. The van der Waals surface area contributed by atoms with Crippen LogP contribution in [0.5, 0.6) is 5.75 Å². The lowest BCUT2D eigenvalue weighted by Gasteiger charge is -2.05. The monoisotopic (exact) mass is 275 g/mol. The molecule has 0 saturated heterocycles. The number of rotatable bonds is 4. The van der Waals surface area contributed by atoms with E-state index in [1.807, 2.05) is 6.26 Å². The summed E-state index contributed by atoms with van der Waals surface area (Å²) >= 11 is 1.50. The molecule has 0 saturated carbocycles. The van der Waals surface area contributed by atoms with Crippen molar-refractivity contribution in [3.05, 3.63) is 42.0 Å². The lowest BCUT2D eigenvalue weighted by molar-refractivity contribution is 0.102. The Bertz CT molecular complexity index is 555. The molecule has 0 atom stereocenters. The van der Waals surface area contributed by atoms with Gasteiger partial charge in [-0.25, -0.2) is 0 Å². The van der Waals surface area contributed by atoms with E-state index in [2.05, 4.69) is 15.5 Å². The number of anilines is 1. The predicted octanol–water partition coefficient (Wildman–Crippen LogP) is 2.46. The molecule has 1 aromatic heterocycles. The number of benzene rings is 1. The second-order valence-corrected chi connectivity index (χ2v) is 4.47. The fourth-order valence-electron chi connectivity index (χ4n) is 1.43. The molecule has 19 heavy (non-hydrogen) atoms. The van der Waals surface area contributed by atoms with E-state index >= 15 is 0 Å². The average Bonchev–Trinajstić information content (AvgIpc) is 2.48. The second-order valence-electron chi connectivity index (χ2n) is 3.64. The third-order valence-corrected chi connectivity index (χ3v) is 3.08. The number of carbonyl (C=O) groups is 1. The fraction of sp³-hybridized carbons (Fsp3) is 0.154. The molecular formula is C13H13N3O2S. The molecule has 0 spiro atoms. The summed E-state index contributed by atoms with van der Waals surface area (Å²) < 4.78 is 5.04. The zero-order chi connectivity index (χ0) is 13.7. The summed E-state index contributed by atoms with van der Waals surface area (Å²) in [5.74, 6) is 0.910. The Labute approximate surface area is 115 Å². The van der Waals surface area contributed by atoms with Gasteiger partial charge in [-0.2, -0.15) is 0 Å². The minimum absolute atomic E-state index is 0.228. The van der Waals surface area contributed by atoms with E-state index in [0.29, 0.717) is 17.1 Å². The first-order valence-electron chi connectivity index (χ1n) is 5.56. The van der Waals surface area contributed by atoms with Gasteiger partial charge in [0, 0.05) is 5.56 Å². The highest BCUT2D eigenvalue weighted by atomic mass is 32.2. The van der Waals surface area contributed by atoms with Crippen molar-refractivity contribution in [1.29, 1.82) is 0 Å². The first-order chi connectivity index (χ1) is 9.22. The minimum Gasteiger partial charge on any atom is -0.497 e. The minimum atomic E-state index is -0.228. The van der Waals surface area contributed by atoms with Crippen molar-refractivity contribution in [3.63, 3.8) is 0 Å². The highest BCUT2D eigenvalue weighted by Crippen LogP contribution is 2.14. The van der Waals surface area contributed by atoms with Gasteiger partial charge in [-0.3, -0.25) is 4.79 Å². The van der Waals surface area contributed by atoms with Crippen molar-refractivity contribution in [2.24, 2.45) is 0 Å². The van der Waals surface area contributed by atoms with Crippen LogP contribution in [-0.2, 0) is 0 Å². The van der Waals surface area contributed by atoms with Gasteiger partial charge < -0.3 is 10.1 Å². The molecular weight excluding hydrogens is 262 g/mol. The third kappa shape index (κ3) is 3.45. The van der Waals surface area contributed by atoms with Crippen LogP contribution in [0.15, 0.2) is 41.4 Å². The van der Waals surface area contributed by atoms with Crippen molar-refractivity contribution >= 4 is 23.5 Å². The van der Waals surface area contributed by atoms with Crippen LogP contribution in [0.2, 0.25) is 0 Å². The number of carbonyl (C=O) groups excluding carboxylic acids is 1. The number of amides is 1. The molecule has 98 valence electrons. The summed E-state index contributed by atoms with van der Waals surface area (Å²) in [6.45, 7) is 0. The molecule has 1 aromatic carbocycles.